The maximum Gasteiger partial charge on any atom is 0.242 e. The first-order chi connectivity index (χ1) is 10.5. The van der Waals surface area contributed by atoms with Crippen LogP contribution in [-0.4, -0.2) is 44.5 Å². The number of carbonyl (C=O) groups excluding carboxylic acids is 1. The van der Waals surface area contributed by atoms with Crippen molar-refractivity contribution in [2.45, 2.75) is 43.2 Å². The lowest BCUT2D eigenvalue weighted by Gasteiger charge is -2.28. The van der Waals surface area contributed by atoms with Crippen LogP contribution in [0.5, 0.6) is 0 Å². The van der Waals surface area contributed by atoms with Gasteiger partial charge in [-0.05, 0) is 38.4 Å². The van der Waals surface area contributed by atoms with Crippen molar-refractivity contribution in [3.63, 3.8) is 0 Å². The highest BCUT2D eigenvalue weighted by atomic mass is 35.5. The van der Waals surface area contributed by atoms with Crippen LogP contribution in [0.3, 0.4) is 0 Å². The molecule has 0 bridgehead atoms. The van der Waals surface area contributed by atoms with Crippen LogP contribution in [0.15, 0.2) is 29.4 Å². The van der Waals surface area contributed by atoms with Gasteiger partial charge in [0, 0.05) is 37.4 Å². The second kappa shape index (κ2) is 10.8. The Labute approximate surface area is 155 Å². The molecular weight excluding hydrogens is 375 g/mol. The smallest absolute Gasteiger partial charge is 0.242 e. The fraction of sp³-hybridized carbons (Fsp3) is 0.571. The minimum absolute atomic E-state index is 0. The highest BCUT2D eigenvalue weighted by Gasteiger charge is 2.20. The van der Waals surface area contributed by atoms with E-state index in [0.717, 1.165) is 19.4 Å². The Hall–Kier alpha value is -0.930. The molecule has 1 aromatic heterocycles. The number of hydrogen-bond acceptors (Lipinski definition) is 5. The van der Waals surface area contributed by atoms with Gasteiger partial charge in [0.2, 0.25) is 15.9 Å². The van der Waals surface area contributed by atoms with E-state index >= 15 is 0 Å². The molecule has 1 fully saturated rings. The summed E-state index contributed by atoms with van der Waals surface area (Å²) in [6, 6.07) is 3.58. The zero-order valence-electron chi connectivity index (χ0n) is 13.4. The van der Waals surface area contributed by atoms with E-state index in [1.165, 1.54) is 18.5 Å². The van der Waals surface area contributed by atoms with Gasteiger partial charge < -0.3 is 10.6 Å². The summed E-state index contributed by atoms with van der Waals surface area (Å²) in [5.74, 6) is -0.131. The molecule has 10 heteroatoms. The number of rotatable bonds is 6. The molecule has 0 radical (unpaired) electrons. The summed E-state index contributed by atoms with van der Waals surface area (Å²) in [4.78, 5) is 15.7. The lowest BCUT2D eigenvalue weighted by Crippen LogP contribution is -2.47. The Kier molecular flexibility index (Phi) is 10.4. The number of nitrogens with one attached hydrogen (secondary N) is 3. The first-order valence-electron chi connectivity index (χ1n) is 7.40. The molecule has 2 heterocycles. The van der Waals surface area contributed by atoms with Gasteiger partial charge in [0.15, 0.2) is 0 Å². The SMILES string of the molecule is CC1CC(NC(=O)CCNS(=O)(=O)c2cccnc2)CCN1.Cl.Cl. The monoisotopic (exact) mass is 398 g/mol. The Morgan fingerprint density at radius 3 is 2.79 bits per heavy atom. The number of amides is 1. The van der Waals surface area contributed by atoms with Crippen LogP contribution in [-0.2, 0) is 14.8 Å². The molecule has 0 aliphatic carbocycles. The van der Waals surface area contributed by atoms with Crippen LogP contribution in [0.25, 0.3) is 0 Å². The number of nitrogens with zero attached hydrogens (tertiary/aromatic N) is 1. The maximum atomic E-state index is 12.0. The predicted octanol–water partition coefficient (Wildman–Crippen LogP) is 0.850. The third kappa shape index (κ3) is 7.31. The van der Waals surface area contributed by atoms with Crippen LogP contribution in [0.1, 0.15) is 26.2 Å². The van der Waals surface area contributed by atoms with Crippen molar-refractivity contribution >= 4 is 40.7 Å². The molecule has 1 amide bonds. The summed E-state index contributed by atoms with van der Waals surface area (Å²) < 4.78 is 26.3. The van der Waals surface area contributed by atoms with Crippen molar-refractivity contribution < 1.29 is 13.2 Å². The highest BCUT2D eigenvalue weighted by Crippen LogP contribution is 2.08. The first-order valence-corrected chi connectivity index (χ1v) is 8.88. The van der Waals surface area contributed by atoms with Gasteiger partial charge >= 0.3 is 0 Å². The molecule has 138 valence electrons. The number of piperidine rings is 1. The molecule has 1 saturated heterocycles. The van der Waals surface area contributed by atoms with Crippen LogP contribution >= 0.6 is 24.8 Å². The van der Waals surface area contributed by atoms with E-state index in [9.17, 15) is 13.2 Å². The molecule has 2 unspecified atom stereocenters. The molecule has 2 rings (SSSR count). The van der Waals surface area contributed by atoms with Crippen molar-refractivity contribution in [2.24, 2.45) is 0 Å². The largest absolute Gasteiger partial charge is 0.353 e. The molecule has 0 spiro atoms. The summed E-state index contributed by atoms with van der Waals surface area (Å²) in [6.07, 6.45) is 4.70. The Bertz CT molecular complexity index is 601. The quantitative estimate of drug-likeness (QED) is 0.659. The van der Waals surface area contributed by atoms with Gasteiger partial charge in [0.25, 0.3) is 0 Å². The second-order valence-corrected chi connectivity index (χ2v) is 7.25. The van der Waals surface area contributed by atoms with Gasteiger partial charge in [0.05, 0.1) is 0 Å². The van der Waals surface area contributed by atoms with E-state index in [1.54, 1.807) is 6.07 Å². The Balaban J connectivity index is 0.00000264. The zero-order valence-corrected chi connectivity index (χ0v) is 15.8. The van der Waals surface area contributed by atoms with Gasteiger partial charge in [0.1, 0.15) is 4.90 Å². The summed E-state index contributed by atoms with van der Waals surface area (Å²) in [7, 11) is -3.60. The summed E-state index contributed by atoms with van der Waals surface area (Å²) >= 11 is 0. The van der Waals surface area contributed by atoms with E-state index in [1.807, 2.05) is 0 Å². The van der Waals surface area contributed by atoms with Crippen molar-refractivity contribution in [3.05, 3.63) is 24.5 Å². The lowest BCUT2D eigenvalue weighted by atomic mass is 10.0. The fourth-order valence-corrected chi connectivity index (χ4v) is 3.45. The summed E-state index contributed by atoms with van der Waals surface area (Å²) in [5.41, 5.74) is 0. The second-order valence-electron chi connectivity index (χ2n) is 5.48. The number of halogens is 2. The zero-order chi connectivity index (χ0) is 16.0. The maximum absolute atomic E-state index is 12.0. The van der Waals surface area contributed by atoms with Crippen LogP contribution in [0.4, 0.5) is 0 Å². The topological polar surface area (TPSA) is 100 Å². The number of pyridine rings is 1. The molecular formula is C14H24Cl2N4O3S. The molecule has 1 aliphatic rings. The lowest BCUT2D eigenvalue weighted by molar-refractivity contribution is -0.121. The first kappa shape index (κ1) is 23.1. The van der Waals surface area contributed by atoms with Crippen molar-refractivity contribution in [1.82, 2.24) is 20.3 Å². The number of sulfonamides is 1. The minimum Gasteiger partial charge on any atom is -0.353 e. The Morgan fingerprint density at radius 1 is 1.42 bits per heavy atom. The van der Waals surface area contributed by atoms with Gasteiger partial charge in [-0.25, -0.2) is 13.1 Å². The molecule has 2 atom stereocenters. The normalized spacial score (nSPS) is 20.4. The van der Waals surface area contributed by atoms with Gasteiger partial charge in [-0.3, -0.25) is 9.78 Å². The van der Waals surface area contributed by atoms with Crippen LogP contribution < -0.4 is 15.4 Å². The predicted molar refractivity (Wildman–Crippen MR) is 97.2 cm³/mol. The van der Waals surface area contributed by atoms with E-state index in [0.29, 0.717) is 6.04 Å². The third-order valence-corrected chi connectivity index (χ3v) is 5.02. The molecule has 24 heavy (non-hydrogen) atoms. The number of aromatic nitrogens is 1. The third-order valence-electron chi connectivity index (χ3n) is 3.58. The molecule has 7 nitrogen and oxygen atoms in total. The average molecular weight is 399 g/mol. The van der Waals surface area contributed by atoms with Crippen molar-refractivity contribution in [1.29, 1.82) is 0 Å². The molecule has 0 saturated carbocycles. The van der Waals surface area contributed by atoms with E-state index in [-0.39, 0.29) is 54.6 Å². The van der Waals surface area contributed by atoms with Gasteiger partial charge in [-0.15, -0.1) is 24.8 Å². The number of carbonyl (C=O) groups is 1. The average Bonchev–Trinajstić information content (AvgIpc) is 2.48. The summed E-state index contributed by atoms with van der Waals surface area (Å²) in [5, 5.41) is 6.27. The van der Waals surface area contributed by atoms with Crippen LogP contribution in [0.2, 0.25) is 0 Å². The Morgan fingerprint density at radius 2 is 2.17 bits per heavy atom. The standard InChI is InChI=1S/C14H22N4O3S.2ClH/c1-11-9-12(4-7-16-11)18-14(19)5-8-17-22(20,21)13-3-2-6-15-10-13;;/h2-3,6,10-12,16-17H,4-5,7-9H2,1H3,(H,18,19);2*1H. The van der Waals surface area contributed by atoms with Crippen LogP contribution in [0, 0.1) is 0 Å². The summed E-state index contributed by atoms with van der Waals surface area (Å²) in [6.45, 7) is 3.05. The van der Waals surface area contributed by atoms with Gasteiger partial charge in [-0.1, -0.05) is 0 Å². The fourth-order valence-electron chi connectivity index (χ4n) is 2.45. The van der Waals surface area contributed by atoms with Crippen molar-refractivity contribution in [3.8, 4) is 0 Å². The highest BCUT2D eigenvalue weighted by molar-refractivity contribution is 7.89. The minimum atomic E-state index is -3.60. The van der Waals surface area contributed by atoms with Gasteiger partial charge in [-0.2, -0.15) is 0 Å². The van der Waals surface area contributed by atoms with Crippen molar-refractivity contribution in [2.75, 3.05) is 13.1 Å². The van der Waals surface area contributed by atoms with E-state index in [2.05, 4.69) is 27.3 Å². The molecule has 3 N–H and O–H groups in total. The molecule has 1 aliphatic heterocycles. The number of hydrogen-bond donors (Lipinski definition) is 3. The van der Waals surface area contributed by atoms with E-state index < -0.39 is 10.0 Å². The van der Waals surface area contributed by atoms with E-state index in [4.69, 9.17) is 0 Å². The molecule has 0 aromatic carbocycles. The molecule has 1 aromatic rings.